The van der Waals surface area contributed by atoms with Gasteiger partial charge in [-0.15, -0.1) is 11.3 Å². The van der Waals surface area contributed by atoms with Crippen molar-refractivity contribution in [2.24, 2.45) is 0 Å². The first-order chi connectivity index (χ1) is 6.94. The molecule has 0 aliphatic carbocycles. The van der Waals surface area contributed by atoms with Crippen LogP contribution in [-0.2, 0) is 0 Å². The van der Waals surface area contributed by atoms with E-state index in [9.17, 15) is 0 Å². The minimum Gasteiger partial charge on any atom is -0.308 e. The number of thiophene rings is 1. The molecule has 1 aromatic heterocycles. The minimum atomic E-state index is 0.287. The van der Waals surface area contributed by atoms with E-state index < -0.39 is 0 Å². The van der Waals surface area contributed by atoms with Gasteiger partial charge >= 0.3 is 0 Å². The molecule has 1 heterocycles. The molecule has 0 radical (unpaired) electrons. The zero-order chi connectivity index (χ0) is 11.5. The van der Waals surface area contributed by atoms with Crippen LogP contribution in [0, 0.1) is 0 Å². The molecule has 1 atom stereocenters. The molecule has 15 heavy (non-hydrogen) atoms. The van der Waals surface area contributed by atoms with Crippen molar-refractivity contribution < 1.29 is 0 Å². The van der Waals surface area contributed by atoms with Gasteiger partial charge in [0.25, 0.3) is 0 Å². The Balaban J connectivity index is 2.46. The molecule has 0 saturated heterocycles. The summed E-state index contributed by atoms with van der Waals surface area (Å²) in [5.41, 5.74) is 0. The van der Waals surface area contributed by atoms with Crippen LogP contribution in [-0.4, -0.2) is 17.5 Å². The van der Waals surface area contributed by atoms with Gasteiger partial charge in [0.2, 0.25) is 0 Å². The summed E-state index contributed by atoms with van der Waals surface area (Å²) in [4.78, 5) is 1.30. The van der Waals surface area contributed by atoms with Crippen LogP contribution >= 0.6 is 34.7 Å². The summed E-state index contributed by atoms with van der Waals surface area (Å²) in [6.45, 7) is 7.68. The molecule has 1 rings (SSSR count). The SMILES string of the molecule is CSC(C)(C)CNC(C)c1ccc(Cl)s1. The van der Waals surface area contributed by atoms with Crippen molar-refractivity contribution >= 4 is 34.7 Å². The molecule has 0 fully saturated rings. The van der Waals surface area contributed by atoms with E-state index in [4.69, 9.17) is 11.6 Å². The number of thioether (sulfide) groups is 1. The standard InChI is InChI=1S/C11H18ClNS2/c1-8(9-5-6-10(12)15-9)13-7-11(2,3)14-4/h5-6,8,13H,7H2,1-4H3. The predicted molar refractivity (Wildman–Crippen MR) is 73.3 cm³/mol. The summed E-state index contributed by atoms with van der Waals surface area (Å²) in [7, 11) is 0. The molecule has 1 unspecified atom stereocenters. The smallest absolute Gasteiger partial charge is 0.0931 e. The topological polar surface area (TPSA) is 12.0 Å². The van der Waals surface area contributed by atoms with Crippen molar-refractivity contribution in [3.8, 4) is 0 Å². The Bertz CT molecular complexity index is 309. The molecule has 0 aromatic carbocycles. The van der Waals surface area contributed by atoms with Gasteiger partial charge in [-0.05, 0) is 39.2 Å². The van der Waals surface area contributed by atoms with Crippen LogP contribution in [0.25, 0.3) is 0 Å². The van der Waals surface area contributed by atoms with Gasteiger partial charge in [0, 0.05) is 22.2 Å². The quantitative estimate of drug-likeness (QED) is 0.855. The van der Waals surface area contributed by atoms with Gasteiger partial charge in [-0.1, -0.05) is 11.6 Å². The first kappa shape index (κ1) is 13.4. The normalized spacial score (nSPS) is 14.2. The van der Waals surface area contributed by atoms with Gasteiger partial charge in [-0.3, -0.25) is 0 Å². The van der Waals surface area contributed by atoms with E-state index in [0.29, 0.717) is 6.04 Å². The van der Waals surface area contributed by atoms with Gasteiger partial charge in [0.05, 0.1) is 4.34 Å². The van der Waals surface area contributed by atoms with Crippen molar-refractivity contribution in [1.82, 2.24) is 5.32 Å². The van der Waals surface area contributed by atoms with Gasteiger partial charge < -0.3 is 5.32 Å². The van der Waals surface area contributed by atoms with Crippen LogP contribution in [0.1, 0.15) is 31.7 Å². The lowest BCUT2D eigenvalue weighted by Gasteiger charge is -2.24. The van der Waals surface area contributed by atoms with Gasteiger partial charge in [0.15, 0.2) is 0 Å². The number of hydrogen-bond donors (Lipinski definition) is 1. The number of hydrogen-bond acceptors (Lipinski definition) is 3. The maximum absolute atomic E-state index is 5.91. The maximum atomic E-state index is 5.91. The van der Waals surface area contributed by atoms with E-state index in [1.54, 1.807) is 11.3 Å². The molecule has 1 N–H and O–H groups in total. The first-order valence-electron chi connectivity index (χ1n) is 4.98. The predicted octanol–water partition coefficient (Wildman–Crippen LogP) is 4.19. The third-order valence-corrected chi connectivity index (χ3v) is 5.07. The van der Waals surface area contributed by atoms with Crippen LogP contribution < -0.4 is 5.32 Å². The molecular formula is C11H18ClNS2. The molecule has 0 aliphatic heterocycles. The fourth-order valence-corrected chi connectivity index (χ4v) is 2.45. The molecule has 86 valence electrons. The van der Waals surface area contributed by atoms with Crippen LogP contribution in [0.2, 0.25) is 4.34 Å². The molecule has 0 amide bonds. The van der Waals surface area contributed by atoms with E-state index >= 15 is 0 Å². The Morgan fingerprint density at radius 1 is 1.53 bits per heavy atom. The number of nitrogens with one attached hydrogen (secondary N) is 1. The van der Waals surface area contributed by atoms with E-state index in [1.165, 1.54) is 4.88 Å². The summed E-state index contributed by atoms with van der Waals surface area (Å²) in [6, 6.07) is 4.44. The summed E-state index contributed by atoms with van der Waals surface area (Å²) < 4.78 is 1.15. The van der Waals surface area contributed by atoms with Crippen molar-refractivity contribution in [1.29, 1.82) is 0 Å². The molecular weight excluding hydrogens is 246 g/mol. The van der Waals surface area contributed by atoms with Crippen LogP contribution in [0.15, 0.2) is 12.1 Å². The fraction of sp³-hybridized carbons (Fsp3) is 0.636. The summed E-state index contributed by atoms with van der Waals surface area (Å²) >= 11 is 9.44. The van der Waals surface area contributed by atoms with E-state index in [1.807, 2.05) is 17.8 Å². The Labute approximate surface area is 106 Å². The zero-order valence-electron chi connectivity index (χ0n) is 9.63. The lowest BCUT2D eigenvalue weighted by molar-refractivity contribution is 0.528. The third kappa shape index (κ3) is 4.35. The van der Waals surface area contributed by atoms with E-state index in [2.05, 4.69) is 38.4 Å². The molecule has 0 saturated carbocycles. The second kappa shape index (κ2) is 5.58. The highest BCUT2D eigenvalue weighted by molar-refractivity contribution is 7.99. The van der Waals surface area contributed by atoms with Crippen LogP contribution in [0.3, 0.4) is 0 Å². The monoisotopic (exact) mass is 263 g/mol. The third-order valence-electron chi connectivity index (χ3n) is 2.41. The molecule has 0 bridgehead atoms. The molecule has 1 nitrogen and oxygen atoms in total. The molecule has 0 aliphatic rings. The lowest BCUT2D eigenvalue weighted by Crippen LogP contribution is -2.33. The first-order valence-corrected chi connectivity index (χ1v) is 7.40. The summed E-state index contributed by atoms with van der Waals surface area (Å²) in [5.74, 6) is 0. The van der Waals surface area contributed by atoms with Gasteiger partial charge in [-0.2, -0.15) is 11.8 Å². The Morgan fingerprint density at radius 2 is 2.20 bits per heavy atom. The van der Waals surface area contributed by atoms with Crippen LogP contribution in [0.5, 0.6) is 0 Å². The van der Waals surface area contributed by atoms with Crippen LogP contribution in [0.4, 0.5) is 0 Å². The van der Waals surface area contributed by atoms with E-state index in [-0.39, 0.29) is 4.75 Å². The number of halogens is 1. The summed E-state index contributed by atoms with van der Waals surface area (Å²) in [5, 5.41) is 3.53. The maximum Gasteiger partial charge on any atom is 0.0931 e. The Hall–Kier alpha value is 0.300. The van der Waals surface area contributed by atoms with Crippen molar-refractivity contribution in [3.63, 3.8) is 0 Å². The lowest BCUT2D eigenvalue weighted by atomic mass is 10.2. The van der Waals surface area contributed by atoms with E-state index in [0.717, 1.165) is 10.9 Å². The van der Waals surface area contributed by atoms with Crippen molar-refractivity contribution in [2.45, 2.75) is 31.6 Å². The average molecular weight is 264 g/mol. The highest BCUT2D eigenvalue weighted by Crippen LogP contribution is 2.27. The Morgan fingerprint density at radius 3 is 2.67 bits per heavy atom. The number of rotatable bonds is 5. The largest absolute Gasteiger partial charge is 0.308 e. The molecule has 0 spiro atoms. The van der Waals surface area contributed by atoms with Crippen molar-refractivity contribution in [3.05, 3.63) is 21.3 Å². The van der Waals surface area contributed by atoms with Gasteiger partial charge in [-0.25, -0.2) is 0 Å². The summed E-state index contributed by atoms with van der Waals surface area (Å²) in [6.07, 6.45) is 2.15. The average Bonchev–Trinajstić information content (AvgIpc) is 2.61. The molecule has 4 heteroatoms. The minimum absolute atomic E-state index is 0.287. The van der Waals surface area contributed by atoms with Gasteiger partial charge in [0.1, 0.15) is 0 Å². The zero-order valence-corrected chi connectivity index (χ0v) is 12.0. The van der Waals surface area contributed by atoms with Crippen molar-refractivity contribution in [2.75, 3.05) is 12.8 Å². The fourth-order valence-electron chi connectivity index (χ4n) is 1.13. The Kier molecular flexibility index (Phi) is 4.97. The molecule has 1 aromatic rings. The second-order valence-corrected chi connectivity index (χ2v) is 7.47. The highest BCUT2D eigenvalue weighted by atomic mass is 35.5. The second-order valence-electron chi connectivity index (χ2n) is 4.21. The highest BCUT2D eigenvalue weighted by Gasteiger charge is 2.17.